The van der Waals surface area contributed by atoms with Gasteiger partial charge >= 0.3 is 0 Å². The summed E-state index contributed by atoms with van der Waals surface area (Å²) in [5.41, 5.74) is 14.0. The Labute approximate surface area is 256 Å². The summed E-state index contributed by atoms with van der Waals surface area (Å²) in [5.74, 6) is 0.578. The molecule has 1 aliphatic carbocycles. The molecule has 5 aromatic carbocycles. The molecule has 0 N–H and O–H groups in total. The topological polar surface area (TPSA) is 6.48 Å². The lowest BCUT2D eigenvalue weighted by atomic mass is 9.51. The van der Waals surface area contributed by atoms with Crippen LogP contribution in [0.1, 0.15) is 11.1 Å². The number of rotatable bonds is 2. The van der Waals surface area contributed by atoms with Crippen molar-refractivity contribution in [1.29, 1.82) is 0 Å². The van der Waals surface area contributed by atoms with E-state index in [1.165, 1.54) is 71.5 Å². The van der Waals surface area contributed by atoms with E-state index in [4.69, 9.17) is 0 Å². The van der Waals surface area contributed by atoms with Crippen LogP contribution in [0, 0.1) is 13.8 Å². The summed E-state index contributed by atoms with van der Waals surface area (Å²) in [6.45, 7) is 4.47. The van der Waals surface area contributed by atoms with Crippen LogP contribution in [0.4, 0.5) is 22.7 Å². The van der Waals surface area contributed by atoms with Gasteiger partial charge in [0.25, 0.3) is 12.0 Å². The van der Waals surface area contributed by atoms with E-state index in [1.54, 1.807) is 5.47 Å². The number of hydrogen-bond acceptors (Lipinski definition) is 4. The van der Waals surface area contributed by atoms with Gasteiger partial charge in [-0.3, -0.25) is 0 Å². The Morgan fingerprint density at radius 2 is 1.33 bits per heavy atom. The molecule has 42 heavy (non-hydrogen) atoms. The molecule has 6 heteroatoms. The first kappa shape index (κ1) is 25.1. The van der Waals surface area contributed by atoms with Crippen molar-refractivity contribution >= 4 is 96.7 Å². The highest BCUT2D eigenvalue weighted by atomic mass is 32.2. The van der Waals surface area contributed by atoms with Gasteiger partial charge in [-0.2, -0.15) is 0 Å². The van der Waals surface area contributed by atoms with Crippen molar-refractivity contribution in [2.45, 2.75) is 25.9 Å². The second kappa shape index (κ2) is 9.02. The second-order valence-electron chi connectivity index (χ2n) is 12.1. The van der Waals surface area contributed by atoms with E-state index in [0.29, 0.717) is 5.99 Å². The Bertz CT molecular complexity index is 2110. The maximum atomic E-state index is 2.73. The van der Waals surface area contributed by atoms with E-state index in [0.717, 1.165) is 0 Å². The summed E-state index contributed by atoms with van der Waals surface area (Å²) >= 11 is 3.96. The van der Waals surface area contributed by atoms with E-state index in [-0.39, 0.29) is 18.1 Å². The number of nitrogens with zero attached hydrogens (tertiary/aromatic N) is 2. The first-order valence-corrected chi connectivity index (χ1v) is 17.4. The third-order valence-electron chi connectivity index (χ3n) is 9.85. The number of fused-ring (bicyclic) bond motifs is 9. The Morgan fingerprint density at radius 3 is 2.10 bits per heavy atom. The molecule has 0 spiro atoms. The molecule has 0 fully saturated rings. The van der Waals surface area contributed by atoms with Gasteiger partial charge < -0.3 is 9.80 Å². The average Bonchev–Trinajstić information content (AvgIpc) is 3.01. The molecular weight excluding hydrogens is 546 g/mol. The lowest BCUT2D eigenvalue weighted by Gasteiger charge is -2.57. The van der Waals surface area contributed by atoms with Gasteiger partial charge in [0.05, 0.1) is 23.5 Å². The molecule has 9 rings (SSSR count). The lowest BCUT2D eigenvalue weighted by Crippen LogP contribution is -2.67. The molecule has 0 saturated carbocycles. The monoisotopic (exact) mass is 576 g/mol. The molecular formula is C36H30B2N2S2. The first-order valence-electron chi connectivity index (χ1n) is 14.8. The second-order valence-corrected chi connectivity index (χ2v) is 14.0. The fourth-order valence-electron chi connectivity index (χ4n) is 8.27. The standard InChI is InChI=1S/C36H30B2N2S2/c1-21-13-15-29-27(17-21)37(41-3)33-25-11-7-5-9-23(25)20-32-35(33)39(29)31-19-24-10-6-8-12-26(24)34-36(31)40(32)30-16-14-22(2)18-28(30)38(34)42-4/h5-20,31,36H,1-4H3. The normalized spacial score (nSPS) is 19.1. The van der Waals surface area contributed by atoms with Gasteiger partial charge in [-0.1, -0.05) is 95.5 Å². The Hall–Kier alpha value is -3.47. The zero-order chi connectivity index (χ0) is 28.3. The largest absolute Gasteiger partial charge is 0.331 e. The predicted molar refractivity (Wildman–Crippen MR) is 189 cm³/mol. The van der Waals surface area contributed by atoms with Gasteiger partial charge in [-0.25, -0.2) is 23.2 Å². The van der Waals surface area contributed by atoms with Crippen molar-refractivity contribution in [2.75, 3.05) is 22.3 Å². The highest BCUT2D eigenvalue weighted by molar-refractivity contribution is 8.28. The highest BCUT2D eigenvalue weighted by Crippen LogP contribution is 2.53. The summed E-state index contributed by atoms with van der Waals surface area (Å²) in [7, 11) is 0. The maximum Gasteiger partial charge on any atom is 0.279 e. The SMILES string of the molecule is CSB1C2=c3ccccc3=CC3C2N(c2ccc(C)cc21)c1cc2ccccc2c2c1N3c1ccc(C)cc1B2SC. The van der Waals surface area contributed by atoms with E-state index < -0.39 is 0 Å². The zero-order valence-corrected chi connectivity index (χ0v) is 25.9. The summed E-state index contributed by atoms with van der Waals surface area (Å²) in [5, 5.41) is 5.45. The minimum absolute atomic E-state index is 0.177. The van der Waals surface area contributed by atoms with Crippen molar-refractivity contribution in [3.8, 4) is 0 Å². The lowest BCUT2D eigenvalue weighted by molar-refractivity contribution is 0.676. The summed E-state index contributed by atoms with van der Waals surface area (Å²) in [6.07, 6.45) is 7.14. The number of anilines is 4. The van der Waals surface area contributed by atoms with Crippen molar-refractivity contribution < 1.29 is 0 Å². The quantitative estimate of drug-likeness (QED) is 0.272. The molecule has 0 bridgehead atoms. The van der Waals surface area contributed by atoms with Gasteiger partial charge in [-0.15, -0.1) is 0 Å². The number of aryl methyl sites for hydroxylation is 2. The minimum Gasteiger partial charge on any atom is -0.331 e. The summed E-state index contributed by atoms with van der Waals surface area (Å²) in [6, 6.07) is 35.3. The van der Waals surface area contributed by atoms with Crippen molar-refractivity contribution in [3.63, 3.8) is 0 Å². The van der Waals surface area contributed by atoms with E-state index >= 15 is 0 Å². The molecule has 5 aromatic rings. The maximum absolute atomic E-state index is 2.73. The molecule has 3 heterocycles. The Kier molecular flexibility index (Phi) is 5.38. The van der Waals surface area contributed by atoms with Crippen molar-refractivity contribution in [1.82, 2.24) is 0 Å². The molecule has 3 aliphatic heterocycles. The molecule has 202 valence electrons. The average molecular weight is 576 g/mol. The summed E-state index contributed by atoms with van der Waals surface area (Å²) < 4.78 is 0. The van der Waals surface area contributed by atoms with Gasteiger partial charge in [0.1, 0.15) is 0 Å². The van der Waals surface area contributed by atoms with Gasteiger partial charge in [0, 0.05) is 11.4 Å². The fourth-order valence-corrected chi connectivity index (χ4v) is 10.1. The minimum atomic E-state index is 0.177. The smallest absolute Gasteiger partial charge is 0.279 e. The molecule has 2 atom stereocenters. The molecule has 0 radical (unpaired) electrons. The number of hydrogen-bond donors (Lipinski definition) is 0. The van der Waals surface area contributed by atoms with Crippen molar-refractivity contribution in [2.24, 2.45) is 0 Å². The van der Waals surface area contributed by atoms with E-state index in [9.17, 15) is 0 Å². The van der Waals surface area contributed by atoms with E-state index in [2.05, 4.69) is 133 Å². The van der Waals surface area contributed by atoms with E-state index in [1.807, 2.05) is 23.2 Å². The molecule has 0 aromatic heterocycles. The highest BCUT2D eigenvalue weighted by Gasteiger charge is 2.52. The molecule has 2 nitrogen and oxygen atoms in total. The van der Waals surface area contributed by atoms with Gasteiger partial charge in [0.2, 0.25) is 0 Å². The Balaban J connectivity index is 1.49. The van der Waals surface area contributed by atoms with Crippen LogP contribution in [-0.4, -0.2) is 36.6 Å². The summed E-state index contributed by atoms with van der Waals surface area (Å²) in [4.78, 5) is 5.46. The predicted octanol–water partition coefficient (Wildman–Crippen LogP) is 5.03. The van der Waals surface area contributed by atoms with Crippen molar-refractivity contribution in [3.05, 3.63) is 113 Å². The van der Waals surface area contributed by atoms with Crippen LogP contribution >= 0.6 is 23.2 Å². The van der Waals surface area contributed by atoms with Crippen LogP contribution in [0.25, 0.3) is 22.3 Å². The molecule has 4 aliphatic rings. The molecule has 0 saturated heterocycles. The van der Waals surface area contributed by atoms with Crippen LogP contribution in [0.5, 0.6) is 0 Å². The molecule has 2 unspecified atom stereocenters. The third-order valence-corrected chi connectivity index (χ3v) is 11.8. The third kappa shape index (κ3) is 3.17. The van der Waals surface area contributed by atoms with Crippen LogP contribution in [0.15, 0.2) is 91.0 Å². The first-order chi connectivity index (χ1) is 20.6. The number of benzene rings is 5. The van der Waals surface area contributed by atoms with Crippen LogP contribution in [0.2, 0.25) is 0 Å². The zero-order valence-electron chi connectivity index (χ0n) is 24.3. The molecule has 0 amide bonds. The Morgan fingerprint density at radius 1 is 0.667 bits per heavy atom. The van der Waals surface area contributed by atoms with Gasteiger partial charge in [-0.05, 0) is 82.2 Å². The van der Waals surface area contributed by atoms with Crippen LogP contribution in [0.3, 0.4) is 0 Å². The van der Waals surface area contributed by atoms with Crippen LogP contribution in [-0.2, 0) is 0 Å². The van der Waals surface area contributed by atoms with Crippen LogP contribution < -0.4 is 36.6 Å². The van der Waals surface area contributed by atoms with Gasteiger partial charge in [0.15, 0.2) is 0 Å². The fraction of sp³-hybridized carbons (Fsp3) is 0.167.